The number of unbranched alkanes of at least 4 members (excludes halogenated alkanes) is 38. The lowest BCUT2D eigenvalue weighted by Gasteiger charge is -2.20. The number of aliphatic hydroxyl groups excluding tert-OH is 2. The second-order valence-electron chi connectivity index (χ2n) is 20.4. The van der Waals surface area contributed by atoms with Crippen LogP contribution in [0.5, 0.6) is 0 Å². The van der Waals surface area contributed by atoms with Crippen LogP contribution in [0.15, 0.2) is 72.9 Å². The van der Waals surface area contributed by atoms with Crippen molar-refractivity contribution in [2.45, 2.75) is 321 Å². The van der Waals surface area contributed by atoms with E-state index in [0.717, 1.165) is 70.6 Å². The zero-order chi connectivity index (χ0) is 49.2. The molecule has 0 saturated carbocycles. The molecule has 0 aliphatic heterocycles. The quantitative estimate of drug-likeness (QED) is 0.0420. The second kappa shape index (κ2) is 59.1. The van der Waals surface area contributed by atoms with Gasteiger partial charge in [-0.25, -0.2) is 0 Å². The molecule has 2 unspecified atom stereocenters. The van der Waals surface area contributed by atoms with Crippen LogP contribution in [0.1, 0.15) is 309 Å². The summed E-state index contributed by atoms with van der Waals surface area (Å²) in [4.78, 5) is 12.5. The molecular weight excluding hydrogens is 831 g/mol. The van der Waals surface area contributed by atoms with E-state index in [1.807, 2.05) is 6.08 Å². The largest absolute Gasteiger partial charge is 0.394 e. The Labute approximate surface area is 425 Å². The van der Waals surface area contributed by atoms with Crippen LogP contribution in [0.3, 0.4) is 0 Å². The van der Waals surface area contributed by atoms with E-state index >= 15 is 0 Å². The van der Waals surface area contributed by atoms with Crippen molar-refractivity contribution in [2.75, 3.05) is 6.61 Å². The molecular formula is C64H117NO3. The highest BCUT2D eigenvalue weighted by Gasteiger charge is 2.18. The van der Waals surface area contributed by atoms with Gasteiger partial charge in [0.05, 0.1) is 18.8 Å². The summed E-state index contributed by atoms with van der Waals surface area (Å²) in [6.45, 7) is 4.21. The van der Waals surface area contributed by atoms with Gasteiger partial charge in [0.15, 0.2) is 0 Å². The number of hydrogen-bond acceptors (Lipinski definition) is 3. The Balaban J connectivity index is 3.49. The number of allylic oxidation sites excluding steroid dienone is 11. The van der Waals surface area contributed by atoms with Crippen molar-refractivity contribution in [3.63, 3.8) is 0 Å². The molecule has 68 heavy (non-hydrogen) atoms. The lowest BCUT2D eigenvalue weighted by Crippen LogP contribution is -2.45. The van der Waals surface area contributed by atoms with Crippen LogP contribution < -0.4 is 5.32 Å². The zero-order valence-electron chi connectivity index (χ0n) is 45.6. The first-order valence-electron chi connectivity index (χ1n) is 30.2. The Morgan fingerprint density at radius 2 is 0.647 bits per heavy atom. The number of hydrogen-bond donors (Lipinski definition) is 3. The van der Waals surface area contributed by atoms with Crippen LogP contribution in [0.2, 0.25) is 0 Å². The minimum atomic E-state index is -0.850. The molecule has 0 rings (SSSR count). The van der Waals surface area contributed by atoms with Crippen molar-refractivity contribution >= 4 is 5.91 Å². The molecule has 0 aromatic heterocycles. The Kier molecular flexibility index (Phi) is 57.3. The maximum atomic E-state index is 12.5. The van der Waals surface area contributed by atoms with Gasteiger partial charge in [-0.2, -0.15) is 0 Å². The highest BCUT2D eigenvalue weighted by Crippen LogP contribution is 2.18. The van der Waals surface area contributed by atoms with Crippen LogP contribution >= 0.6 is 0 Å². The van der Waals surface area contributed by atoms with E-state index in [2.05, 4.69) is 79.9 Å². The van der Waals surface area contributed by atoms with Crippen LogP contribution in [-0.2, 0) is 4.79 Å². The van der Waals surface area contributed by atoms with Crippen LogP contribution in [-0.4, -0.2) is 34.9 Å². The van der Waals surface area contributed by atoms with E-state index < -0.39 is 12.1 Å². The first-order chi connectivity index (χ1) is 33.7. The van der Waals surface area contributed by atoms with Gasteiger partial charge >= 0.3 is 0 Å². The van der Waals surface area contributed by atoms with Crippen molar-refractivity contribution in [3.8, 4) is 0 Å². The summed E-state index contributed by atoms with van der Waals surface area (Å²) in [6, 6.07) is -0.634. The van der Waals surface area contributed by atoms with E-state index in [1.54, 1.807) is 6.08 Å². The molecule has 4 heteroatoms. The van der Waals surface area contributed by atoms with E-state index in [-0.39, 0.29) is 12.5 Å². The Morgan fingerprint density at radius 3 is 0.971 bits per heavy atom. The standard InChI is InChI=1S/C64H117NO3/c1-3-5-7-9-11-13-15-17-19-21-23-25-27-28-29-30-31-32-33-34-35-36-38-39-41-43-45-47-49-51-53-55-57-59-63(67)62(61-66)65-64(68)60-58-56-54-52-50-48-46-44-42-40-37-26-24-22-20-18-16-14-12-10-8-6-4-2/h6,8,12,14,18,20,24,26,40,42,57,59,62-63,66-67H,3-5,7,9-11,13,15-17,19,21-23,25,27-39,41,43-56,58,60-61H2,1-2H3,(H,65,68)/b8-6-,14-12-,20-18-,26-24-,42-40-,59-57+. The highest BCUT2D eigenvalue weighted by atomic mass is 16.3. The Hall–Kier alpha value is -2.17. The topological polar surface area (TPSA) is 69.6 Å². The second-order valence-corrected chi connectivity index (χ2v) is 20.4. The molecule has 0 aromatic rings. The highest BCUT2D eigenvalue weighted by molar-refractivity contribution is 5.76. The van der Waals surface area contributed by atoms with Gasteiger partial charge in [0.1, 0.15) is 0 Å². The first kappa shape index (κ1) is 65.8. The Morgan fingerprint density at radius 1 is 0.368 bits per heavy atom. The molecule has 3 N–H and O–H groups in total. The number of rotatable bonds is 55. The van der Waals surface area contributed by atoms with Gasteiger partial charge in [-0.3, -0.25) is 4.79 Å². The molecule has 0 aromatic carbocycles. The maximum absolute atomic E-state index is 12.5. The molecule has 0 saturated heterocycles. The number of amides is 1. The van der Waals surface area contributed by atoms with Crippen molar-refractivity contribution in [2.24, 2.45) is 0 Å². The van der Waals surface area contributed by atoms with Crippen molar-refractivity contribution in [3.05, 3.63) is 72.9 Å². The maximum Gasteiger partial charge on any atom is 0.220 e. The summed E-state index contributed by atoms with van der Waals surface area (Å²) in [5.41, 5.74) is 0. The fourth-order valence-corrected chi connectivity index (χ4v) is 9.15. The van der Waals surface area contributed by atoms with Crippen molar-refractivity contribution in [1.82, 2.24) is 5.32 Å². The smallest absolute Gasteiger partial charge is 0.220 e. The van der Waals surface area contributed by atoms with Gasteiger partial charge in [0, 0.05) is 6.42 Å². The third-order valence-corrected chi connectivity index (χ3v) is 13.7. The van der Waals surface area contributed by atoms with Gasteiger partial charge in [-0.1, -0.05) is 311 Å². The number of carbonyl (C=O) groups excluding carboxylic acids is 1. The summed E-state index contributed by atoms with van der Waals surface area (Å²) in [6.07, 6.45) is 85.1. The number of carbonyl (C=O) groups is 1. The van der Waals surface area contributed by atoms with E-state index in [0.29, 0.717) is 6.42 Å². The van der Waals surface area contributed by atoms with Crippen LogP contribution in [0.4, 0.5) is 0 Å². The molecule has 4 nitrogen and oxygen atoms in total. The summed E-state index contributed by atoms with van der Waals surface area (Å²) >= 11 is 0. The zero-order valence-corrected chi connectivity index (χ0v) is 45.6. The summed E-state index contributed by atoms with van der Waals surface area (Å²) in [5, 5.41) is 23.2. The predicted molar refractivity (Wildman–Crippen MR) is 304 cm³/mol. The number of nitrogens with one attached hydrogen (secondary N) is 1. The lowest BCUT2D eigenvalue weighted by atomic mass is 10.0. The summed E-state index contributed by atoms with van der Waals surface area (Å²) in [7, 11) is 0. The third kappa shape index (κ3) is 54.8. The van der Waals surface area contributed by atoms with Gasteiger partial charge in [-0.15, -0.1) is 0 Å². The van der Waals surface area contributed by atoms with Gasteiger partial charge in [-0.05, 0) is 64.2 Å². The average molecular weight is 949 g/mol. The average Bonchev–Trinajstić information content (AvgIpc) is 3.34. The summed E-state index contributed by atoms with van der Waals surface area (Å²) < 4.78 is 0. The fraction of sp³-hybridized carbons (Fsp3) is 0.797. The number of aliphatic hydroxyl groups is 2. The molecule has 0 bridgehead atoms. The summed E-state index contributed by atoms with van der Waals surface area (Å²) in [5.74, 6) is -0.0743. The van der Waals surface area contributed by atoms with E-state index in [9.17, 15) is 15.0 Å². The van der Waals surface area contributed by atoms with Crippen molar-refractivity contribution < 1.29 is 15.0 Å². The molecule has 1 amide bonds. The Bertz CT molecular complexity index is 1170. The van der Waals surface area contributed by atoms with Crippen LogP contribution in [0.25, 0.3) is 0 Å². The third-order valence-electron chi connectivity index (χ3n) is 13.7. The molecule has 0 heterocycles. The molecule has 0 aliphatic carbocycles. The van der Waals surface area contributed by atoms with Gasteiger partial charge in [0.25, 0.3) is 0 Å². The van der Waals surface area contributed by atoms with E-state index in [1.165, 1.54) is 218 Å². The SMILES string of the molecule is CC/C=C\C/C=C\C/C=C\C/C=C\C/C=C\CCCCCCCCCC(=O)NC(CO)C(O)/C=C/CCCCCCCCCCCCCCCCCCCCCCCCCCCCCCCCC. The normalized spacial score (nSPS) is 13.3. The molecule has 0 radical (unpaired) electrons. The minimum absolute atomic E-state index is 0.0743. The molecule has 0 fully saturated rings. The molecule has 0 spiro atoms. The van der Waals surface area contributed by atoms with E-state index in [4.69, 9.17) is 0 Å². The molecule has 0 aliphatic rings. The molecule has 2 atom stereocenters. The predicted octanol–water partition coefficient (Wildman–Crippen LogP) is 20.1. The minimum Gasteiger partial charge on any atom is -0.394 e. The fourth-order valence-electron chi connectivity index (χ4n) is 9.15. The lowest BCUT2D eigenvalue weighted by molar-refractivity contribution is -0.123. The first-order valence-corrected chi connectivity index (χ1v) is 30.2. The molecule has 396 valence electrons. The van der Waals surface area contributed by atoms with Gasteiger partial charge in [0.2, 0.25) is 5.91 Å². The van der Waals surface area contributed by atoms with Crippen molar-refractivity contribution in [1.29, 1.82) is 0 Å². The monoisotopic (exact) mass is 948 g/mol. The van der Waals surface area contributed by atoms with Gasteiger partial charge < -0.3 is 15.5 Å². The van der Waals surface area contributed by atoms with Crippen LogP contribution in [0, 0.1) is 0 Å².